The summed E-state index contributed by atoms with van der Waals surface area (Å²) in [6.07, 6.45) is -0.0583. The van der Waals surface area contributed by atoms with Gasteiger partial charge in [0, 0.05) is 18.0 Å². The summed E-state index contributed by atoms with van der Waals surface area (Å²) in [5.74, 6) is -0.165. The molecule has 1 aromatic carbocycles. The van der Waals surface area contributed by atoms with Gasteiger partial charge < -0.3 is 19.1 Å². The molecule has 138 valence electrons. The van der Waals surface area contributed by atoms with Gasteiger partial charge in [-0.25, -0.2) is 4.79 Å². The Morgan fingerprint density at radius 2 is 1.85 bits per heavy atom. The molecular formula is C19H21NO5S. The smallest absolute Gasteiger partial charge is 0.346 e. The molecule has 0 aliphatic carbocycles. The van der Waals surface area contributed by atoms with Gasteiger partial charge in [-0.05, 0) is 42.5 Å². The Bertz CT molecular complexity index is 794. The van der Waals surface area contributed by atoms with Crippen molar-refractivity contribution in [2.45, 2.75) is 26.0 Å². The first-order valence-electron chi connectivity index (χ1n) is 8.31. The number of carbonyl (C=O) groups excluding carboxylic acids is 2. The van der Waals surface area contributed by atoms with Crippen molar-refractivity contribution in [2.75, 3.05) is 20.8 Å². The number of fused-ring (bicyclic) bond motifs is 1. The number of rotatable bonds is 5. The minimum absolute atomic E-state index is 0.177. The zero-order chi connectivity index (χ0) is 18.7. The maximum Gasteiger partial charge on any atom is 0.346 e. The normalized spacial score (nSPS) is 14.3. The quantitative estimate of drug-likeness (QED) is 0.752. The summed E-state index contributed by atoms with van der Waals surface area (Å²) in [6.45, 7) is 2.77. The molecule has 0 spiro atoms. The molecule has 2 aromatic rings. The maximum atomic E-state index is 12.7. The summed E-state index contributed by atoms with van der Waals surface area (Å²) in [5.41, 5.74) is 1.34. The van der Waals surface area contributed by atoms with Crippen LogP contribution >= 0.6 is 11.3 Å². The third-order valence-corrected chi connectivity index (χ3v) is 5.41. The minimum Gasteiger partial charge on any atom is -0.496 e. The van der Waals surface area contributed by atoms with Crippen molar-refractivity contribution >= 4 is 23.2 Å². The fourth-order valence-electron chi connectivity index (χ4n) is 3.02. The molecule has 0 saturated carbocycles. The van der Waals surface area contributed by atoms with E-state index < -0.39 is 12.1 Å². The van der Waals surface area contributed by atoms with Crippen LogP contribution in [0, 0.1) is 0 Å². The molecule has 1 aromatic heterocycles. The summed E-state index contributed by atoms with van der Waals surface area (Å²) >= 11 is 1.71. The Morgan fingerprint density at radius 3 is 2.50 bits per heavy atom. The molecule has 1 aliphatic heterocycles. The van der Waals surface area contributed by atoms with Crippen molar-refractivity contribution in [1.29, 1.82) is 0 Å². The molecule has 0 bridgehead atoms. The van der Waals surface area contributed by atoms with Crippen LogP contribution in [0.5, 0.6) is 11.5 Å². The summed E-state index contributed by atoms with van der Waals surface area (Å²) in [5, 5.41) is 2.04. The number of esters is 1. The largest absolute Gasteiger partial charge is 0.496 e. The van der Waals surface area contributed by atoms with E-state index in [4.69, 9.17) is 14.2 Å². The van der Waals surface area contributed by atoms with E-state index in [0.29, 0.717) is 24.6 Å². The van der Waals surface area contributed by atoms with Crippen molar-refractivity contribution in [3.8, 4) is 11.5 Å². The van der Waals surface area contributed by atoms with Crippen LogP contribution in [0.3, 0.4) is 0 Å². The first-order valence-corrected chi connectivity index (χ1v) is 9.19. The third-order valence-electron chi connectivity index (χ3n) is 4.38. The van der Waals surface area contributed by atoms with Gasteiger partial charge in [0.25, 0.3) is 5.91 Å². The predicted molar refractivity (Wildman–Crippen MR) is 97.9 cm³/mol. The lowest BCUT2D eigenvalue weighted by Gasteiger charge is -2.29. The molecule has 6 nitrogen and oxygen atoms in total. The van der Waals surface area contributed by atoms with Gasteiger partial charge >= 0.3 is 5.97 Å². The van der Waals surface area contributed by atoms with Gasteiger partial charge in [-0.1, -0.05) is 6.07 Å². The van der Waals surface area contributed by atoms with Crippen LogP contribution in [0.4, 0.5) is 0 Å². The molecule has 2 heterocycles. The summed E-state index contributed by atoms with van der Waals surface area (Å²) in [4.78, 5) is 28.3. The minimum atomic E-state index is -0.891. The van der Waals surface area contributed by atoms with Crippen LogP contribution < -0.4 is 9.47 Å². The van der Waals surface area contributed by atoms with Crippen molar-refractivity contribution in [3.05, 3.63) is 45.6 Å². The van der Waals surface area contributed by atoms with Crippen molar-refractivity contribution in [1.82, 2.24) is 4.90 Å². The zero-order valence-electron chi connectivity index (χ0n) is 15.0. The van der Waals surface area contributed by atoms with E-state index in [2.05, 4.69) is 0 Å². The Kier molecular flexibility index (Phi) is 5.46. The number of ether oxygens (including phenoxy) is 3. The monoisotopic (exact) mass is 375 g/mol. The molecule has 1 amide bonds. The van der Waals surface area contributed by atoms with E-state index in [1.165, 1.54) is 24.7 Å². The Balaban J connectivity index is 1.71. The fraction of sp³-hybridized carbons (Fsp3) is 0.368. The lowest BCUT2D eigenvalue weighted by Crippen LogP contribution is -2.42. The molecule has 1 aliphatic rings. The van der Waals surface area contributed by atoms with Gasteiger partial charge in [-0.3, -0.25) is 4.79 Å². The highest BCUT2D eigenvalue weighted by Gasteiger charge is 2.29. The van der Waals surface area contributed by atoms with E-state index in [1.807, 2.05) is 11.4 Å². The first kappa shape index (κ1) is 18.3. The molecule has 26 heavy (non-hydrogen) atoms. The van der Waals surface area contributed by atoms with E-state index >= 15 is 0 Å². The molecule has 0 N–H and O–H groups in total. The van der Waals surface area contributed by atoms with Gasteiger partial charge in [0.15, 0.2) is 6.10 Å². The second-order valence-corrected chi connectivity index (χ2v) is 6.96. The first-order chi connectivity index (χ1) is 12.5. The second-order valence-electron chi connectivity index (χ2n) is 5.96. The predicted octanol–water partition coefficient (Wildman–Crippen LogP) is 2.90. The molecule has 7 heteroatoms. The van der Waals surface area contributed by atoms with Crippen LogP contribution in [-0.4, -0.2) is 43.6 Å². The number of benzene rings is 1. The van der Waals surface area contributed by atoms with Crippen LogP contribution in [0.15, 0.2) is 29.6 Å². The fourth-order valence-corrected chi connectivity index (χ4v) is 3.91. The molecular weight excluding hydrogens is 354 g/mol. The third kappa shape index (κ3) is 3.53. The molecule has 0 radical (unpaired) electrons. The zero-order valence-corrected chi connectivity index (χ0v) is 15.8. The van der Waals surface area contributed by atoms with E-state index in [9.17, 15) is 9.59 Å². The topological polar surface area (TPSA) is 65.1 Å². The van der Waals surface area contributed by atoms with Crippen LogP contribution in [0.2, 0.25) is 0 Å². The number of hydrogen-bond donors (Lipinski definition) is 0. The van der Waals surface area contributed by atoms with Crippen molar-refractivity contribution < 1.29 is 23.8 Å². The van der Waals surface area contributed by atoms with E-state index in [-0.39, 0.29) is 11.5 Å². The summed E-state index contributed by atoms with van der Waals surface area (Å²) in [7, 11) is 2.93. The molecule has 0 fully saturated rings. The highest BCUT2D eigenvalue weighted by molar-refractivity contribution is 7.10. The summed E-state index contributed by atoms with van der Waals surface area (Å²) in [6, 6.07) is 7.05. The van der Waals surface area contributed by atoms with E-state index in [1.54, 1.807) is 41.4 Å². The molecule has 3 rings (SSSR count). The highest BCUT2D eigenvalue weighted by atomic mass is 32.1. The van der Waals surface area contributed by atoms with Crippen LogP contribution in [-0.2, 0) is 22.5 Å². The number of methoxy groups -OCH3 is 2. The number of hydrogen-bond acceptors (Lipinski definition) is 6. The van der Waals surface area contributed by atoms with Gasteiger partial charge in [0.2, 0.25) is 0 Å². The number of amides is 1. The number of nitrogens with zero attached hydrogens (tertiary/aromatic N) is 1. The average Bonchev–Trinajstić information content (AvgIpc) is 3.14. The van der Waals surface area contributed by atoms with Gasteiger partial charge in [-0.15, -0.1) is 11.3 Å². The average molecular weight is 375 g/mol. The summed E-state index contributed by atoms with van der Waals surface area (Å²) < 4.78 is 15.9. The second kappa shape index (κ2) is 7.78. The van der Waals surface area contributed by atoms with Crippen molar-refractivity contribution in [2.24, 2.45) is 0 Å². The lowest BCUT2D eigenvalue weighted by atomic mass is 10.1. The highest BCUT2D eigenvalue weighted by Crippen LogP contribution is 2.30. The van der Waals surface area contributed by atoms with Gasteiger partial charge in [-0.2, -0.15) is 0 Å². The van der Waals surface area contributed by atoms with E-state index in [0.717, 1.165) is 6.42 Å². The SMILES string of the molecule is COc1cccc(OC)c1C(=O)O[C@H](C)C(=O)N1CCc2sccc2C1. The Hall–Kier alpha value is -2.54. The van der Waals surface area contributed by atoms with Gasteiger partial charge in [0.1, 0.15) is 17.1 Å². The maximum absolute atomic E-state index is 12.7. The molecule has 1 atom stereocenters. The number of carbonyl (C=O) groups is 2. The molecule has 0 saturated heterocycles. The van der Waals surface area contributed by atoms with Crippen molar-refractivity contribution in [3.63, 3.8) is 0 Å². The van der Waals surface area contributed by atoms with Gasteiger partial charge in [0.05, 0.1) is 14.2 Å². The Morgan fingerprint density at radius 1 is 1.15 bits per heavy atom. The van der Waals surface area contributed by atoms with Crippen LogP contribution in [0.25, 0.3) is 0 Å². The number of thiophene rings is 1. The standard InChI is InChI=1S/C19H21NO5S/c1-12(18(21)20-9-7-16-13(11-20)8-10-26-16)25-19(22)17-14(23-2)5-4-6-15(17)24-3/h4-6,8,10,12H,7,9,11H2,1-3H3/t12-/m1/s1. The van der Waals surface area contributed by atoms with Crippen LogP contribution in [0.1, 0.15) is 27.7 Å². The molecule has 0 unspecified atom stereocenters. The Labute approximate surface area is 156 Å². The lowest BCUT2D eigenvalue weighted by molar-refractivity contribution is -0.140.